The van der Waals surface area contributed by atoms with Crippen molar-refractivity contribution in [2.24, 2.45) is 0 Å². The van der Waals surface area contributed by atoms with Gasteiger partial charge in [0.15, 0.2) is 0 Å². The second kappa shape index (κ2) is 5.34. The van der Waals surface area contributed by atoms with Crippen LogP contribution in [0.5, 0.6) is 0 Å². The second-order valence-corrected chi connectivity index (χ2v) is 5.26. The van der Waals surface area contributed by atoms with Crippen molar-refractivity contribution in [3.8, 4) is 0 Å². The van der Waals surface area contributed by atoms with Gasteiger partial charge in [-0.25, -0.2) is 8.78 Å². The first-order valence-corrected chi connectivity index (χ1v) is 7.00. The average Bonchev–Trinajstić information content (AvgIpc) is 3.15. The van der Waals surface area contributed by atoms with Gasteiger partial charge in [-0.15, -0.1) is 0 Å². The minimum absolute atomic E-state index is 0.134. The van der Waals surface area contributed by atoms with E-state index in [-0.39, 0.29) is 11.6 Å². The third-order valence-corrected chi connectivity index (χ3v) is 3.43. The summed E-state index contributed by atoms with van der Waals surface area (Å²) in [5, 5.41) is 0.601. The molecule has 5 heteroatoms. The smallest absolute Gasteiger partial charge is 0.260 e. The lowest BCUT2D eigenvalue weighted by Crippen LogP contribution is -2.36. The van der Waals surface area contributed by atoms with Gasteiger partial charge in [-0.05, 0) is 31.4 Å². The molecule has 18 heavy (non-hydrogen) atoms. The second-order valence-electron chi connectivity index (χ2n) is 4.47. The number of carbonyl (C=O) groups excluding carboxylic acids is 1. The molecule has 0 N–H and O–H groups in total. The number of rotatable bonds is 4. The lowest BCUT2D eigenvalue weighted by Gasteiger charge is -2.22. The van der Waals surface area contributed by atoms with Crippen LogP contribution in [0.15, 0.2) is 12.1 Å². The number of halogens is 3. The molecule has 0 saturated heterocycles. The molecule has 1 aromatic carbocycles. The number of nitrogens with zero attached hydrogens (tertiary/aromatic N) is 1. The maximum absolute atomic E-state index is 13.9. The van der Waals surface area contributed by atoms with Crippen molar-refractivity contribution in [2.75, 3.05) is 11.9 Å². The molecule has 0 unspecified atom stereocenters. The molecule has 0 aliphatic heterocycles. The van der Waals surface area contributed by atoms with Crippen LogP contribution in [0.3, 0.4) is 0 Å². The maximum atomic E-state index is 13.9. The highest BCUT2D eigenvalue weighted by atomic mass is 79.9. The third kappa shape index (κ3) is 2.55. The van der Waals surface area contributed by atoms with E-state index in [0.717, 1.165) is 18.9 Å². The molecule has 0 bridgehead atoms. The van der Waals surface area contributed by atoms with Crippen LogP contribution in [0.25, 0.3) is 0 Å². The van der Waals surface area contributed by atoms with E-state index in [4.69, 9.17) is 0 Å². The highest BCUT2D eigenvalue weighted by Gasteiger charge is 2.34. The quantitative estimate of drug-likeness (QED) is 0.780. The van der Waals surface area contributed by atoms with Crippen molar-refractivity contribution >= 4 is 21.8 Å². The summed E-state index contributed by atoms with van der Waals surface area (Å²) in [7, 11) is 0. The van der Waals surface area contributed by atoms with Gasteiger partial charge in [-0.3, -0.25) is 4.79 Å². The SMILES string of the molecule is Cc1ccc(F)c(C(=O)N(CCBr)C2CC2)c1F. The standard InChI is InChI=1S/C13H14BrF2NO/c1-8-2-5-10(15)11(12(8)16)13(18)17(7-6-14)9-3-4-9/h2,5,9H,3-4,6-7H2,1H3. The van der Waals surface area contributed by atoms with Gasteiger partial charge >= 0.3 is 0 Å². The Morgan fingerprint density at radius 1 is 1.44 bits per heavy atom. The van der Waals surface area contributed by atoms with Crippen molar-refractivity contribution in [1.82, 2.24) is 4.90 Å². The molecule has 1 amide bonds. The minimum atomic E-state index is -0.789. The van der Waals surface area contributed by atoms with E-state index in [9.17, 15) is 13.6 Å². The molecule has 0 spiro atoms. The Kier molecular flexibility index (Phi) is 4.00. The van der Waals surface area contributed by atoms with E-state index in [1.165, 1.54) is 13.0 Å². The third-order valence-electron chi connectivity index (χ3n) is 3.07. The van der Waals surface area contributed by atoms with E-state index < -0.39 is 23.1 Å². The molecule has 1 fully saturated rings. The largest absolute Gasteiger partial charge is 0.335 e. The Bertz CT molecular complexity index is 474. The molecule has 0 radical (unpaired) electrons. The van der Waals surface area contributed by atoms with Gasteiger partial charge in [-0.2, -0.15) is 0 Å². The van der Waals surface area contributed by atoms with E-state index in [1.807, 2.05) is 0 Å². The monoisotopic (exact) mass is 317 g/mol. The average molecular weight is 318 g/mol. The van der Waals surface area contributed by atoms with Crippen LogP contribution in [0, 0.1) is 18.6 Å². The number of amides is 1. The Labute approximate surface area is 113 Å². The van der Waals surface area contributed by atoms with Gasteiger partial charge in [0.2, 0.25) is 0 Å². The van der Waals surface area contributed by atoms with Crippen LogP contribution < -0.4 is 0 Å². The van der Waals surface area contributed by atoms with E-state index in [0.29, 0.717) is 11.9 Å². The predicted molar refractivity (Wildman–Crippen MR) is 68.9 cm³/mol. The van der Waals surface area contributed by atoms with Gasteiger partial charge in [0, 0.05) is 17.9 Å². The molecule has 1 aliphatic rings. The Balaban J connectivity index is 2.34. The Morgan fingerprint density at radius 2 is 2.11 bits per heavy atom. The van der Waals surface area contributed by atoms with Crippen molar-refractivity contribution < 1.29 is 13.6 Å². The number of aryl methyl sites for hydroxylation is 1. The fraction of sp³-hybridized carbons (Fsp3) is 0.462. The van der Waals surface area contributed by atoms with E-state index in [1.54, 1.807) is 4.90 Å². The van der Waals surface area contributed by atoms with Crippen molar-refractivity contribution in [2.45, 2.75) is 25.8 Å². The molecule has 0 heterocycles. The first kappa shape index (κ1) is 13.5. The summed E-state index contributed by atoms with van der Waals surface area (Å²) in [5.41, 5.74) is -0.141. The van der Waals surface area contributed by atoms with Gasteiger partial charge in [0.1, 0.15) is 17.2 Å². The van der Waals surface area contributed by atoms with Crippen molar-refractivity contribution in [3.63, 3.8) is 0 Å². The number of hydrogen-bond acceptors (Lipinski definition) is 1. The van der Waals surface area contributed by atoms with E-state index in [2.05, 4.69) is 15.9 Å². The molecule has 0 atom stereocenters. The van der Waals surface area contributed by atoms with Crippen LogP contribution in [0.4, 0.5) is 8.78 Å². The summed E-state index contributed by atoms with van der Waals surface area (Å²) >= 11 is 3.26. The normalized spacial score (nSPS) is 14.7. The molecular formula is C13H14BrF2NO. The summed E-state index contributed by atoms with van der Waals surface area (Å²) in [6, 6.07) is 2.62. The molecular weight excluding hydrogens is 304 g/mol. The molecule has 1 aromatic rings. The molecule has 0 aromatic heterocycles. The lowest BCUT2D eigenvalue weighted by molar-refractivity contribution is 0.0744. The zero-order valence-corrected chi connectivity index (χ0v) is 11.6. The van der Waals surface area contributed by atoms with Gasteiger partial charge in [0.05, 0.1) is 0 Å². The number of alkyl halides is 1. The number of hydrogen-bond donors (Lipinski definition) is 0. The van der Waals surface area contributed by atoms with Crippen LogP contribution >= 0.6 is 15.9 Å². The van der Waals surface area contributed by atoms with Crippen LogP contribution in [-0.4, -0.2) is 28.7 Å². The molecule has 1 aliphatic carbocycles. The summed E-state index contributed by atoms with van der Waals surface area (Å²) in [6.07, 6.45) is 1.82. The Hall–Kier alpha value is -0.970. The topological polar surface area (TPSA) is 20.3 Å². The summed E-state index contributed by atoms with van der Waals surface area (Å²) in [4.78, 5) is 13.8. The first-order chi connectivity index (χ1) is 8.56. The van der Waals surface area contributed by atoms with Gasteiger partial charge in [-0.1, -0.05) is 22.0 Å². The summed E-state index contributed by atoms with van der Waals surface area (Å²) in [5.74, 6) is -2.08. The first-order valence-electron chi connectivity index (χ1n) is 5.87. The zero-order chi connectivity index (χ0) is 13.3. The van der Waals surface area contributed by atoms with Crippen LogP contribution in [0.1, 0.15) is 28.8 Å². The molecule has 2 nitrogen and oxygen atoms in total. The Morgan fingerprint density at radius 3 is 2.67 bits per heavy atom. The van der Waals surface area contributed by atoms with Crippen LogP contribution in [-0.2, 0) is 0 Å². The maximum Gasteiger partial charge on any atom is 0.260 e. The fourth-order valence-electron chi connectivity index (χ4n) is 1.92. The highest BCUT2D eigenvalue weighted by Crippen LogP contribution is 2.29. The zero-order valence-electron chi connectivity index (χ0n) is 10.0. The van der Waals surface area contributed by atoms with Crippen LogP contribution in [0.2, 0.25) is 0 Å². The molecule has 98 valence electrons. The number of benzene rings is 1. The minimum Gasteiger partial charge on any atom is -0.335 e. The van der Waals surface area contributed by atoms with Gasteiger partial charge in [0.25, 0.3) is 5.91 Å². The van der Waals surface area contributed by atoms with Crippen molar-refractivity contribution in [3.05, 3.63) is 34.9 Å². The molecule has 1 saturated carbocycles. The lowest BCUT2D eigenvalue weighted by atomic mass is 10.1. The summed E-state index contributed by atoms with van der Waals surface area (Å²) in [6.45, 7) is 1.99. The van der Waals surface area contributed by atoms with E-state index >= 15 is 0 Å². The van der Waals surface area contributed by atoms with Crippen molar-refractivity contribution in [1.29, 1.82) is 0 Å². The highest BCUT2D eigenvalue weighted by molar-refractivity contribution is 9.09. The molecule has 2 rings (SSSR count). The fourth-order valence-corrected chi connectivity index (χ4v) is 2.31. The predicted octanol–water partition coefficient (Wildman–Crippen LogP) is 3.27. The van der Waals surface area contributed by atoms with Gasteiger partial charge < -0.3 is 4.90 Å². The summed E-state index contributed by atoms with van der Waals surface area (Å²) < 4.78 is 27.6. The number of carbonyl (C=O) groups is 1.